The van der Waals surface area contributed by atoms with E-state index in [1.807, 2.05) is 48.0 Å². The largest absolute Gasteiger partial charge is 0.346 e. The van der Waals surface area contributed by atoms with Crippen LogP contribution in [0.5, 0.6) is 0 Å². The minimum absolute atomic E-state index is 0.0450. The van der Waals surface area contributed by atoms with Gasteiger partial charge in [-0.3, -0.25) is 9.59 Å². The van der Waals surface area contributed by atoms with Crippen LogP contribution in [-0.2, 0) is 4.79 Å². The SMILES string of the molecule is C[C@@H](NC(=O)c1ccc2c(c1)NC(=O)CS2)c1ccc(-n2ccnc2)cc1. The average molecular weight is 378 g/mol. The van der Waals surface area contributed by atoms with Crippen LogP contribution in [0.25, 0.3) is 5.69 Å². The van der Waals surface area contributed by atoms with E-state index < -0.39 is 0 Å². The molecule has 0 saturated heterocycles. The number of hydrogen-bond donors (Lipinski definition) is 2. The van der Waals surface area contributed by atoms with Gasteiger partial charge in [0.25, 0.3) is 5.91 Å². The number of thioether (sulfide) groups is 1. The van der Waals surface area contributed by atoms with Gasteiger partial charge in [0, 0.05) is 28.5 Å². The van der Waals surface area contributed by atoms with Crippen LogP contribution in [0.4, 0.5) is 5.69 Å². The Kier molecular flexibility index (Phi) is 4.68. The Morgan fingerprint density at radius 1 is 1.26 bits per heavy atom. The summed E-state index contributed by atoms with van der Waals surface area (Å²) in [5, 5.41) is 5.82. The predicted octanol–water partition coefficient (Wildman–Crippen LogP) is 3.41. The third-order valence-electron chi connectivity index (χ3n) is 4.42. The zero-order valence-corrected chi connectivity index (χ0v) is 15.5. The fraction of sp³-hybridized carbons (Fsp3) is 0.150. The van der Waals surface area contributed by atoms with Crippen LogP contribution in [-0.4, -0.2) is 27.1 Å². The highest BCUT2D eigenvalue weighted by Gasteiger charge is 2.18. The van der Waals surface area contributed by atoms with Crippen molar-refractivity contribution in [2.24, 2.45) is 0 Å². The lowest BCUT2D eigenvalue weighted by atomic mass is 10.1. The van der Waals surface area contributed by atoms with Crippen molar-refractivity contribution in [3.63, 3.8) is 0 Å². The van der Waals surface area contributed by atoms with Crippen molar-refractivity contribution in [3.8, 4) is 5.69 Å². The molecule has 2 heterocycles. The Labute approximate surface area is 161 Å². The van der Waals surface area contributed by atoms with Crippen molar-refractivity contribution in [1.29, 1.82) is 0 Å². The quantitative estimate of drug-likeness (QED) is 0.729. The van der Waals surface area contributed by atoms with Gasteiger partial charge in [-0.2, -0.15) is 0 Å². The first-order chi connectivity index (χ1) is 13.1. The molecule has 1 atom stereocenters. The Bertz CT molecular complexity index is 984. The molecule has 27 heavy (non-hydrogen) atoms. The second kappa shape index (κ2) is 7.28. The lowest BCUT2D eigenvalue weighted by molar-refractivity contribution is -0.113. The second-order valence-corrected chi connectivity index (χ2v) is 7.32. The number of benzene rings is 2. The molecule has 1 aliphatic rings. The van der Waals surface area contributed by atoms with E-state index in [0.29, 0.717) is 17.0 Å². The molecule has 3 aromatic rings. The number of rotatable bonds is 4. The number of imidazole rings is 1. The molecular formula is C20H18N4O2S. The Morgan fingerprint density at radius 2 is 2.07 bits per heavy atom. The molecule has 2 amide bonds. The third kappa shape index (κ3) is 3.73. The van der Waals surface area contributed by atoms with Crippen LogP contribution in [0, 0.1) is 0 Å². The number of anilines is 1. The molecule has 136 valence electrons. The molecule has 0 fully saturated rings. The fourth-order valence-electron chi connectivity index (χ4n) is 2.93. The number of fused-ring (bicyclic) bond motifs is 1. The van der Waals surface area contributed by atoms with Gasteiger partial charge < -0.3 is 15.2 Å². The Balaban J connectivity index is 1.46. The maximum atomic E-state index is 12.6. The monoisotopic (exact) mass is 378 g/mol. The number of nitrogens with zero attached hydrogens (tertiary/aromatic N) is 2. The van der Waals surface area contributed by atoms with E-state index >= 15 is 0 Å². The Morgan fingerprint density at radius 3 is 2.81 bits per heavy atom. The number of carbonyl (C=O) groups excluding carboxylic acids is 2. The summed E-state index contributed by atoms with van der Waals surface area (Å²) in [5.41, 5.74) is 3.24. The van der Waals surface area contributed by atoms with E-state index in [-0.39, 0.29) is 17.9 Å². The number of aromatic nitrogens is 2. The standard InChI is InChI=1S/C20H18N4O2S/c1-13(14-2-5-16(6-3-14)24-9-8-21-12-24)22-20(26)15-4-7-18-17(10-15)23-19(25)11-27-18/h2-10,12-13H,11H2,1H3,(H,22,26)(H,23,25)/t13-/m1/s1. The molecule has 7 heteroatoms. The number of nitrogens with one attached hydrogen (secondary N) is 2. The van der Waals surface area contributed by atoms with Crippen molar-refractivity contribution in [1.82, 2.24) is 14.9 Å². The molecule has 0 spiro atoms. The summed E-state index contributed by atoms with van der Waals surface area (Å²) in [6.45, 7) is 1.94. The first kappa shape index (κ1) is 17.4. The molecular weight excluding hydrogens is 360 g/mol. The van der Waals surface area contributed by atoms with E-state index in [1.54, 1.807) is 24.7 Å². The van der Waals surface area contributed by atoms with Gasteiger partial charge >= 0.3 is 0 Å². The summed E-state index contributed by atoms with van der Waals surface area (Å²) in [7, 11) is 0. The highest BCUT2D eigenvalue weighted by atomic mass is 32.2. The van der Waals surface area contributed by atoms with Crippen molar-refractivity contribution < 1.29 is 9.59 Å². The van der Waals surface area contributed by atoms with E-state index in [9.17, 15) is 9.59 Å². The fourth-order valence-corrected chi connectivity index (χ4v) is 3.72. The normalized spacial score (nSPS) is 14.2. The smallest absolute Gasteiger partial charge is 0.251 e. The average Bonchev–Trinajstić information content (AvgIpc) is 3.22. The van der Waals surface area contributed by atoms with Gasteiger partial charge in [-0.15, -0.1) is 11.8 Å². The molecule has 1 aromatic heterocycles. The minimum atomic E-state index is -0.172. The van der Waals surface area contributed by atoms with Gasteiger partial charge in [-0.25, -0.2) is 4.98 Å². The van der Waals surface area contributed by atoms with Crippen LogP contribution < -0.4 is 10.6 Å². The summed E-state index contributed by atoms with van der Waals surface area (Å²) < 4.78 is 1.92. The zero-order valence-electron chi connectivity index (χ0n) is 14.7. The van der Waals surface area contributed by atoms with Gasteiger partial charge in [-0.1, -0.05) is 12.1 Å². The number of amides is 2. The van der Waals surface area contributed by atoms with Crippen molar-refractivity contribution in [2.75, 3.05) is 11.1 Å². The van der Waals surface area contributed by atoms with Crippen LogP contribution in [0.3, 0.4) is 0 Å². The lowest BCUT2D eigenvalue weighted by Crippen LogP contribution is -2.27. The summed E-state index contributed by atoms with van der Waals surface area (Å²) in [6, 6.07) is 13.2. The van der Waals surface area contributed by atoms with Crippen LogP contribution >= 0.6 is 11.8 Å². The van der Waals surface area contributed by atoms with E-state index in [0.717, 1.165) is 16.1 Å². The van der Waals surface area contributed by atoms with Crippen molar-refractivity contribution in [2.45, 2.75) is 17.9 Å². The first-order valence-corrected chi connectivity index (χ1v) is 9.54. The van der Waals surface area contributed by atoms with E-state index in [4.69, 9.17) is 0 Å². The topological polar surface area (TPSA) is 76.0 Å². The number of hydrogen-bond acceptors (Lipinski definition) is 4. The molecule has 0 aliphatic carbocycles. The molecule has 0 unspecified atom stereocenters. The van der Waals surface area contributed by atoms with Gasteiger partial charge in [-0.05, 0) is 42.8 Å². The molecule has 0 saturated carbocycles. The van der Waals surface area contributed by atoms with Gasteiger partial charge in [0.05, 0.1) is 23.8 Å². The van der Waals surface area contributed by atoms with Crippen LogP contribution in [0.1, 0.15) is 28.9 Å². The maximum Gasteiger partial charge on any atom is 0.251 e. The molecule has 1 aliphatic heterocycles. The molecule has 0 bridgehead atoms. The van der Waals surface area contributed by atoms with E-state index in [1.165, 1.54) is 11.8 Å². The zero-order chi connectivity index (χ0) is 18.8. The summed E-state index contributed by atoms with van der Waals surface area (Å²) in [6.07, 6.45) is 5.36. The van der Waals surface area contributed by atoms with E-state index in [2.05, 4.69) is 15.6 Å². The van der Waals surface area contributed by atoms with Crippen molar-refractivity contribution in [3.05, 3.63) is 72.3 Å². The maximum absolute atomic E-state index is 12.6. The van der Waals surface area contributed by atoms with Gasteiger partial charge in [0.15, 0.2) is 0 Å². The van der Waals surface area contributed by atoms with Crippen molar-refractivity contribution >= 4 is 29.3 Å². The molecule has 2 aromatic carbocycles. The van der Waals surface area contributed by atoms with Gasteiger partial charge in [0.1, 0.15) is 0 Å². The predicted molar refractivity (Wildman–Crippen MR) is 105 cm³/mol. The molecule has 0 radical (unpaired) electrons. The van der Waals surface area contributed by atoms with Crippen LogP contribution in [0.15, 0.2) is 66.1 Å². The number of carbonyl (C=O) groups is 2. The molecule has 4 rings (SSSR count). The highest BCUT2D eigenvalue weighted by Crippen LogP contribution is 2.32. The minimum Gasteiger partial charge on any atom is -0.346 e. The summed E-state index contributed by atoms with van der Waals surface area (Å²) in [4.78, 5) is 29.2. The third-order valence-corrected chi connectivity index (χ3v) is 5.49. The summed E-state index contributed by atoms with van der Waals surface area (Å²) >= 11 is 1.48. The Hall–Kier alpha value is -3.06. The van der Waals surface area contributed by atoms with Gasteiger partial charge in [0.2, 0.25) is 5.91 Å². The second-order valence-electron chi connectivity index (χ2n) is 6.30. The highest BCUT2D eigenvalue weighted by molar-refractivity contribution is 8.00. The first-order valence-electron chi connectivity index (χ1n) is 8.56. The lowest BCUT2D eigenvalue weighted by Gasteiger charge is -2.18. The molecule has 6 nitrogen and oxygen atoms in total. The van der Waals surface area contributed by atoms with Crippen LogP contribution in [0.2, 0.25) is 0 Å². The molecule has 2 N–H and O–H groups in total. The summed E-state index contributed by atoms with van der Waals surface area (Å²) in [5.74, 6) is 0.190.